The van der Waals surface area contributed by atoms with Crippen LogP contribution in [-0.2, 0) is 0 Å². The van der Waals surface area contributed by atoms with Gasteiger partial charge in [-0.15, -0.1) is 32.9 Å². The maximum atomic E-state index is 3.52. The first-order valence-electron chi connectivity index (χ1n) is 9.58. The summed E-state index contributed by atoms with van der Waals surface area (Å²) in [6.45, 7) is 24.3. The van der Waals surface area contributed by atoms with Crippen LogP contribution in [0, 0.1) is 0 Å². The van der Waals surface area contributed by atoms with E-state index >= 15 is 0 Å². The first-order chi connectivity index (χ1) is 11.7. The lowest BCUT2D eigenvalue weighted by Crippen LogP contribution is -2.54. The predicted molar refractivity (Wildman–Crippen MR) is 138 cm³/mol. The van der Waals surface area contributed by atoms with Gasteiger partial charge in [0.15, 0.2) is 0 Å². The lowest BCUT2D eigenvalue weighted by atomic mass is 9.98. The zero-order valence-corrected chi connectivity index (χ0v) is 24.5. The average molecular weight is 457 g/mol. The molecule has 2 atom stereocenters. The summed E-state index contributed by atoms with van der Waals surface area (Å²) in [5.74, 6) is 0. The van der Waals surface area contributed by atoms with E-state index in [4.69, 9.17) is 0 Å². The van der Waals surface area contributed by atoms with Gasteiger partial charge in [0.25, 0.3) is 0 Å². The molecule has 0 aromatic rings. The van der Waals surface area contributed by atoms with Gasteiger partial charge < -0.3 is 0 Å². The molecule has 0 aromatic heterocycles. The molecule has 2 aliphatic carbocycles. The Morgan fingerprint density at radius 1 is 0.538 bits per heavy atom. The zero-order valence-electron chi connectivity index (χ0n) is 18.2. The maximum absolute atomic E-state index is 3.52. The zero-order chi connectivity index (χ0) is 20.0. The summed E-state index contributed by atoms with van der Waals surface area (Å²) in [6.07, 6.45) is 0. The van der Waals surface area contributed by atoms with Crippen molar-refractivity contribution in [2.24, 2.45) is 0 Å². The van der Waals surface area contributed by atoms with Crippen molar-refractivity contribution < 1.29 is 0 Å². The molecular weight excluding hydrogens is 420 g/mol. The highest BCUT2D eigenvalue weighted by Gasteiger charge is 2.69. The topological polar surface area (TPSA) is 0 Å². The minimum atomic E-state index is -1.40. The van der Waals surface area contributed by atoms with E-state index in [0.29, 0.717) is 10.1 Å². The van der Waals surface area contributed by atoms with Crippen LogP contribution in [-0.4, -0.2) is 14.2 Å². The molecular formula is C20H36P4Si2. The molecule has 6 heteroatoms. The largest absolute Gasteiger partial charge is 0.139 e. The molecule has 144 valence electrons. The molecule has 0 bridgehead atoms. The van der Waals surface area contributed by atoms with Crippen molar-refractivity contribution in [3.63, 3.8) is 0 Å². The Balaban J connectivity index is 2.03. The molecule has 0 saturated carbocycles. The van der Waals surface area contributed by atoms with Gasteiger partial charge >= 0.3 is 0 Å². The van der Waals surface area contributed by atoms with Gasteiger partial charge in [-0.05, 0) is 77.7 Å². The lowest BCUT2D eigenvalue weighted by Gasteiger charge is -2.64. The fourth-order valence-corrected chi connectivity index (χ4v) is 112. The van der Waals surface area contributed by atoms with E-state index in [0.717, 1.165) is 0 Å². The second-order valence-corrected chi connectivity index (χ2v) is 45.4. The molecule has 0 aromatic carbocycles. The van der Waals surface area contributed by atoms with E-state index in [1.54, 1.807) is 44.6 Å². The van der Waals surface area contributed by atoms with E-state index in [1.807, 2.05) is 0 Å². The van der Waals surface area contributed by atoms with Crippen LogP contribution in [0.4, 0.5) is 0 Å². The molecule has 0 radical (unpaired) electrons. The van der Waals surface area contributed by atoms with Crippen LogP contribution in [0.2, 0.25) is 10.1 Å². The molecule has 0 nitrogen and oxygen atoms in total. The van der Waals surface area contributed by atoms with Crippen molar-refractivity contribution in [3.8, 4) is 0 Å². The standard InChI is InChI=1S/C20H36P4Si2/c1-11-12(2)16(6)19(9,15(11)5)25(21)23-26(22,24-25)20(10)17(7)13(3)14(4)18(20)8/h23-24H,21-22H2,1-10H3. The fraction of sp³-hybridized carbons (Fsp3) is 0.600. The Bertz CT molecular complexity index is 722. The molecule has 1 heterocycles. The van der Waals surface area contributed by atoms with Crippen LogP contribution in [0.25, 0.3) is 0 Å². The molecule has 0 amide bonds. The lowest BCUT2D eigenvalue weighted by molar-refractivity contribution is 0.823. The molecule has 1 aliphatic heterocycles. The van der Waals surface area contributed by atoms with Gasteiger partial charge in [0.05, 0.1) is 0 Å². The number of rotatable bonds is 2. The third-order valence-corrected chi connectivity index (χ3v) is 72.5. The summed E-state index contributed by atoms with van der Waals surface area (Å²) in [5.41, 5.74) is 13.0. The smallest absolute Gasteiger partial charge is 0.129 e. The van der Waals surface area contributed by atoms with Gasteiger partial charge in [0.1, 0.15) is 14.2 Å². The van der Waals surface area contributed by atoms with Gasteiger partial charge in [-0.1, -0.05) is 36.1 Å². The van der Waals surface area contributed by atoms with Gasteiger partial charge in [0, 0.05) is 10.1 Å². The third kappa shape index (κ3) is 2.33. The number of allylic oxidation sites excluding steroid dienone is 8. The summed E-state index contributed by atoms with van der Waals surface area (Å²) >= 11 is 0. The Morgan fingerprint density at radius 3 is 0.923 bits per heavy atom. The molecule has 26 heavy (non-hydrogen) atoms. The van der Waals surface area contributed by atoms with Crippen LogP contribution in [0.3, 0.4) is 0 Å². The molecule has 1 saturated heterocycles. The van der Waals surface area contributed by atoms with Gasteiger partial charge in [-0.25, -0.2) is 0 Å². The van der Waals surface area contributed by atoms with Gasteiger partial charge in [-0.2, -0.15) is 0 Å². The maximum Gasteiger partial charge on any atom is 0.129 e. The summed E-state index contributed by atoms with van der Waals surface area (Å²) < 4.78 is 0. The minimum Gasteiger partial charge on any atom is -0.139 e. The quantitative estimate of drug-likeness (QED) is 0.293. The Hall–Kier alpha value is 1.11. The van der Waals surface area contributed by atoms with Crippen LogP contribution >= 0.6 is 32.9 Å². The van der Waals surface area contributed by atoms with Crippen molar-refractivity contribution in [2.45, 2.75) is 79.3 Å². The first-order valence-corrected chi connectivity index (χ1v) is 23.2. The molecule has 0 N–H and O–H groups in total. The van der Waals surface area contributed by atoms with E-state index < -0.39 is 14.2 Å². The van der Waals surface area contributed by atoms with Crippen LogP contribution < -0.4 is 0 Å². The van der Waals surface area contributed by atoms with Crippen molar-refractivity contribution in [1.29, 1.82) is 0 Å². The highest BCUT2D eigenvalue weighted by atomic mass is 32.2. The highest BCUT2D eigenvalue weighted by molar-refractivity contribution is 8.72. The van der Waals surface area contributed by atoms with Crippen molar-refractivity contribution >= 4 is 47.1 Å². The third-order valence-electron chi connectivity index (χ3n) is 8.74. The van der Waals surface area contributed by atoms with Gasteiger partial charge in [-0.3, -0.25) is 0 Å². The predicted octanol–water partition coefficient (Wildman–Crippen LogP) is 7.88. The second-order valence-electron chi connectivity index (χ2n) is 9.12. The monoisotopic (exact) mass is 456 g/mol. The van der Waals surface area contributed by atoms with Gasteiger partial charge in [0.2, 0.25) is 0 Å². The van der Waals surface area contributed by atoms with E-state index in [2.05, 4.69) is 86.8 Å². The Labute approximate surface area is 170 Å². The second kappa shape index (κ2) is 6.30. The molecule has 3 aliphatic rings. The Kier molecular flexibility index (Phi) is 5.29. The Morgan fingerprint density at radius 2 is 0.731 bits per heavy atom. The molecule has 1 fully saturated rings. The summed E-state index contributed by atoms with van der Waals surface area (Å²) in [6, 6.07) is 0. The SMILES string of the molecule is CC1=C(C)C(C)([Si]2(P)P[Si](P)(C3(C)C(C)=C(C)C(C)=C3C)P2)C(C)=C1C. The van der Waals surface area contributed by atoms with E-state index in [1.165, 1.54) is 15.4 Å². The first kappa shape index (κ1) is 21.8. The van der Waals surface area contributed by atoms with E-state index in [-0.39, 0.29) is 0 Å². The molecule has 3 rings (SSSR count). The number of hydrogen-bond donors (Lipinski definition) is 0. The highest BCUT2D eigenvalue weighted by Crippen LogP contribution is 2.89. The number of hydrogen-bond acceptors (Lipinski definition) is 0. The van der Waals surface area contributed by atoms with Crippen molar-refractivity contribution in [3.05, 3.63) is 44.6 Å². The normalized spacial score (nSPS) is 38.3. The fourth-order valence-electron chi connectivity index (χ4n) is 5.49. The molecule has 2 unspecified atom stereocenters. The van der Waals surface area contributed by atoms with E-state index in [9.17, 15) is 0 Å². The molecule has 0 spiro atoms. The van der Waals surface area contributed by atoms with Crippen LogP contribution in [0.5, 0.6) is 0 Å². The summed E-state index contributed by atoms with van der Waals surface area (Å²) in [5, 5.41) is 0.730. The average Bonchev–Trinajstić information content (AvgIpc) is 2.81. The van der Waals surface area contributed by atoms with Crippen LogP contribution in [0.1, 0.15) is 69.2 Å². The van der Waals surface area contributed by atoms with Crippen LogP contribution in [0.15, 0.2) is 44.6 Å². The van der Waals surface area contributed by atoms with Crippen molar-refractivity contribution in [2.75, 3.05) is 0 Å². The summed E-state index contributed by atoms with van der Waals surface area (Å²) in [7, 11) is 6.64. The minimum absolute atomic E-state index is 0.365. The summed E-state index contributed by atoms with van der Waals surface area (Å²) in [4.78, 5) is 0. The van der Waals surface area contributed by atoms with Crippen molar-refractivity contribution in [1.82, 2.24) is 0 Å².